The van der Waals surface area contributed by atoms with Crippen LogP contribution in [-0.2, 0) is 11.2 Å². The Morgan fingerprint density at radius 2 is 2.17 bits per heavy atom. The van der Waals surface area contributed by atoms with Crippen LogP contribution in [0.15, 0.2) is 18.2 Å². The van der Waals surface area contributed by atoms with Gasteiger partial charge in [-0.15, -0.1) is 0 Å². The zero-order chi connectivity index (χ0) is 13.3. The lowest BCUT2D eigenvalue weighted by Gasteiger charge is -2.19. The molecule has 18 heavy (non-hydrogen) atoms. The van der Waals surface area contributed by atoms with Gasteiger partial charge in [0.15, 0.2) is 0 Å². The lowest BCUT2D eigenvalue weighted by Crippen LogP contribution is -2.34. The fourth-order valence-corrected chi connectivity index (χ4v) is 2.42. The quantitative estimate of drug-likeness (QED) is 0.866. The van der Waals surface area contributed by atoms with E-state index in [2.05, 4.69) is 18.2 Å². The number of carbonyl (C=O) groups is 1. The van der Waals surface area contributed by atoms with E-state index < -0.39 is 5.60 Å². The molecule has 1 aromatic rings. The lowest BCUT2D eigenvalue weighted by molar-refractivity contribution is -0.130. The zero-order valence-electron chi connectivity index (χ0n) is 11.4. The van der Waals surface area contributed by atoms with Crippen molar-refractivity contribution in [2.75, 3.05) is 13.1 Å². The van der Waals surface area contributed by atoms with Crippen LogP contribution in [0.2, 0.25) is 0 Å². The molecule has 0 aliphatic carbocycles. The number of rotatable bonds is 2. The Bertz CT molecular complexity index is 466. The van der Waals surface area contributed by atoms with Crippen LogP contribution in [0.4, 0.5) is 0 Å². The van der Waals surface area contributed by atoms with Gasteiger partial charge in [0.25, 0.3) is 0 Å². The molecule has 98 valence electrons. The third-order valence-electron chi connectivity index (χ3n) is 3.65. The van der Waals surface area contributed by atoms with Gasteiger partial charge in [0.05, 0.1) is 12.0 Å². The van der Waals surface area contributed by atoms with Crippen molar-refractivity contribution in [3.05, 3.63) is 34.9 Å². The molecule has 1 N–H and O–H groups in total. The Kier molecular flexibility index (Phi) is 3.44. The van der Waals surface area contributed by atoms with E-state index in [0.29, 0.717) is 25.9 Å². The van der Waals surface area contributed by atoms with Gasteiger partial charge in [0, 0.05) is 13.1 Å². The molecule has 1 unspecified atom stereocenters. The SMILES string of the molecule is Cc1ccc(C)c(CC(=O)N2CCC(C)(O)C2)c1. The number of hydrogen-bond donors (Lipinski definition) is 1. The fraction of sp³-hybridized carbons (Fsp3) is 0.533. The topological polar surface area (TPSA) is 40.5 Å². The summed E-state index contributed by atoms with van der Waals surface area (Å²) in [7, 11) is 0. The van der Waals surface area contributed by atoms with Gasteiger partial charge in [-0.25, -0.2) is 0 Å². The van der Waals surface area contributed by atoms with Gasteiger partial charge in [-0.3, -0.25) is 4.79 Å². The normalized spacial score (nSPS) is 23.4. The van der Waals surface area contributed by atoms with Crippen molar-refractivity contribution < 1.29 is 9.90 Å². The van der Waals surface area contributed by atoms with Crippen LogP contribution in [0.3, 0.4) is 0 Å². The van der Waals surface area contributed by atoms with E-state index in [4.69, 9.17) is 0 Å². The van der Waals surface area contributed by atoms with E-state index in [0.717, 1.165) is 11.1 Å². The van der Waals surface area contributed by atoms with Crippen LogP contribution in [0, 0.1) is 13.8 Å². The largest absolute Gasteiger partial charge is 0.388 e. The van der Waals surface area contributed by atoms with E-state index in [1.807, 2.05) is 13.8 Å². The summed E-state index contributed by atoms with van der Waals surface area (Å²) in [5, 5.41) is 9.88. The minimum atomic E-state index is -0.711. The second-order valence-electron chi connectivity index (χ2n) is 5.67. The minimum Gasteiger partial charge on any atom is -0.388 e. The predicted molar refractivity (Wildman–Crippen MR) is 71.4 cm³/mol. The molecule has 3 heteroatoms. The predicted octanol–water partition coefficient (Wildman–Crippen LogP) is 1.83. The average molecular weight is 247 g/mol. The number of aliphatic hydroxyl groups is 1. The number of carbonyl (C=O) groups excluding carboxylic acids is 1. The number of amides is 1. The van der Waals surface area contributed by atoms with Crippen molar-refractivity contribution in [2.45, 2.75) is 39.2 Å². The van der Waals surface area contributed by atoms with Crippen molar-refractivity contribution in [3.63, 3.8) is 0 Å². The number of β-amino-alcohol motifs (C(OH)–C–C–N with tert-alkyl or cyclic N) is 1. The lowest BCUT2D eigenvalue weighted by atomic mass is 10.0. The maximum absolute atomic E-state index is 12.2. The maximum Gasteiger partial charge on any atom is 0.227 e. The van der Waals surface area contributed by atoms with Crippen LogP contribution in [0.25, 0.3) is 0 Å². The van der Waals surface area contributed by atoms with Crippen LogP contribution in [0.1, 0.15) is 30.0 Å². The minimum absolute atomic E-state index is 0.112. The summed E-state index contributed by atoms with van der Waals surface area (Å²) in [5.74, 6) is 0.112. The van der Waals surface area contributed by atoms with Crippen LogP contribution in [-0.4, -0.2) is 34.6 Å². The highest BCUT2D eigenvalue weighted by atomic mass is 16.3. The summed E-state index contributed by atoms with van der Waals surface area (Å²) < 4.78 is 0. The molecule has 0 aromatic heterocycles. The van der Waals surface area contributed by atoms with Gasteiger partial charge in [-0.2, -0.15) is 0 Å². The average Bonchev–Trinajstić information content (AvgIpc) is 2.64. The van der Waals surface area contributed by atoms with Crippen molar-refractivity contribution in [3.8, 4) is 0 Å². The molecule has 1 saturated heterocycles. The van der Waals surface area contributed by atoms with Crippen LogP contribution < -0.4 is 0 Å². The maximum atomic E-state index is 12.2. The first-order valence-electron chi connectivity index (χ1n) is 6.44. The van der Waals surface area contributed by atoms with E-state index in [1.165, 1.54) is 5.56 Å². The Morgan fingerprint density at radius 3 is 2.78 bits per heavy atom. The molecule has 1 aromatic carbocycles. The number of nitrogens with zero attached hydrogens (tertiary/aromatic N) is 1. The number of likely N-dealkylation sites (tertiary alicyclic amines) is 1. The highest BCUT2D eigenvalue weighted by molar-refractivity contribution is 5.79. The van der Waals surface area contributed by atoms with Gasteiger partial charge < -0.3 is 10.0 Å². The van der Waals surface area contributed by atoms with Gasteiger partial charge in [-0.1, -0.05) is 23.8 Å². The molecule has 0 spiro atoms. The fourth-order valence-electron chi connectivity index (χ4n) is 2.42. The third-order valence-corrected chi connectivity index (χ3v) is 3.65. The third kappa shape index (κ3) is 2.91. The number of benzene rings is 1. The van der Waals surface area contributed by atoms with Gasteiger partial charge in [-0.05, 0) is 38.3 Å². The molecule has 3 nitrogen and oxygen atoms in total. The molecule has 0 saturated carbocycles. The van der Waals surface area contributed by atoms with Crippen molar-refractivity contribution in [1.82, 2.24) is 4.90 Å². The first-order valence-corrected chi connectivity index (χ1v) is 6.44. The Balaban J connectivity index is 2.06. The van der Waals surface area contributed by atoms with Gasteiger partial charge in [0.2, 0.25) is 5.91 Å². The Hall–Kier alpha value is -1.35. The summed E-state index contributed by atoms with van der Waals surface area (Å²) in [6, 6.07) is 6.18. The van der Waals surface area contributed by atoms with Crippen LogP contribution in [0.5, 0.6) is 0 Å². The molecule has 1 fully saturated rings. The Morgan fingerprint density at radius 1 is 1.44 bits per heavy atom. The molecule has 1 heterocycles. The highest BCUT2D eigenvalue weighted by Crippen LogP contribution is 2.21. The van der Waals surface area contributed by atoms with Crippen molar-refractivity contribution in [2.24, 2.45) is 0 Å². The number of aryl methyl sites for hydroxylation is 2. The second-order valence-corrected chi connectivity index (χ2v) is 5.67. The van der Waals surface area contributed by atoms with E-state index in [-0.39, 0.29) is 5.91 Å². The van der Waals surface area contributed by atoms with E-state index in [9.17, 15) is 9.90 Å². The first kappa shape index (κ1) is 13.1. The summed E-state index contributed by atoms with van der Waals surface area (Å²) in [6.45, 7) is 6.97. The van der Waals surface area contributed by atoms with Gasteiger partial charge >= 0.3 is 0 Å². The summed E-state index contributed by atoms with van der Waals surface area (Å²) in [6.07, 6.45) is 1.11. The smallest absolute Gasteiger partial charge is 0.227 e. The second kappa shape index (κ2) is 4.73. The first-order chi connectivity index (χ1) is 8.37. The summed E-state index contributed by atoms with van der Waals surface area (Å²) in [5.41, 5.74) is 2.71. The molecular weight excluding hydrogens is 226 g/mol. The molecule has 0 bridgehead atoms. The molecule has 1 aliphatic rings. The van der Waals surface area contributed by atoms with Crippen molar-refractivity contribution >= 4 is 5.91 Å². The standard InChI is InChI=1S/C15H21NO2/c1-11-4-5-12(2)13(8-11)9-14(17)16-7-6-15(3,18)10-16/h4-5,8,18H,6-7,9-10H2,1-3H3. The van der Waals surface area contributed by atoms with E-state index in [1.54, 1.807) is 11.8 Å². The van der Waals surface area contributed by atoms with Crippen LogP contribution >= 0.6 is 0 Å². The molecule has 1 amide bonds. The molecule has 2 rings (SSSR count). The zero-order valence-corrected chi connectivity index (χ0v) is 11.4. The molecule has 1 aliphatic heterocycles. The monoisotopic (exact) mass is 247 g/mol. The van der Waals surface area contributed by atoms with E-state index >= 15 is 0 Å². The number of hydrogen-bond acceptors (Lipinski definition) is 2. The summed E-state index contributed by atoms with van der Waals surface area (Å²) >= 11 is 0. The molecule has 1 atom stereocenters. The molecular formula is C15H21NO2. The van der Waals surface area contributed by atoms with Gasteiger partial charge in [0.1, 0.15) is 0 Å². The molecule has 0 radical (unpaired) electrons. The Labute approximate surface area is 108 Å². The van der Waals surface area contributed by atoms with Crippen molar-refractivity contribution in [1.29, 1.82) is 0 Å². The highest BCUT2D eigenvalue weighted by Gasteiger charge is 2.33. The summed E-state index contributed by atoms with van der Waals surface area (Å²) in [4.78, 5) is 13.9.